The van der Waals surface area contributed by atoms with Crippen molar-refractivity contribution in [3.8, 4) is 6.07 Å². The molecule has 19 heavy (non-hydrogen) atoms. The van der Waals surface area contributed by atoms with Gasteiger partial charge in [0.05, 0.1) is 17.3 Å². The van der Waals surface area contributed by atoms with Gasteiger partial charge in [-0.25, -0.2) is 4.39 Å². The van der Waals surface area contributed by atoms with E-state index in [-0.39, 0.29) is 17.3 Å². The van der Waals surface area contributed by atoms with E-state index in [1.54, 1.807) is 12.1 Å². The number of rotatable bonds is 2. The third-order valence-electron chi connectivity index (χ3n) is 3.20. The summed E-state index contributed by atoms with van der Waals surface area (Å²) in [6.45, 7) is 8.59. The zero-order valence-electron chi connectivity index (χ0n) is 11.6. The maximum absolute atomic E-state index is 13.3. The number of nitrogens with zero attached hydrogens (tertiary/aromatic N) is 2. The smallest absolute Gasteiger partial charge is 0.140 e. The zero-order chi connectivity index (χ0) is 14.0. The number of hydrogen-bond donors (Lipinski definition) is 0. The lowest BCUT2D eigenvalue weighted by Gasteiger charge is -2.41. The van der Waals surface area contributed by atoms with E-state index in [4.69, 9.17) is 10.00 Å². The molecule has 0 radical (unpaired) electrons. The van der Waals surface area contributed by atoms with Crippen LogP contribution in [0.5, 0.6) is 0 Å². The summed E-state index contributed by atoms with van der Waals surface area (Å²) in [5.74, 6) is -0.457. The fourth-order valence-electron chi connectivity index (χ4n) is 2.72. The summed E-state index contributed by atoms with van der Waals surface area (Å²) in [6, 6.07) is 6.61. The van der Waals surface area contributed by atoms with Crippen LogP contribution in [0.1, 0.15) is 31.9 Å². The SMILES string of the molecule is CC1CN(Cc2ccc(F)c(C#N)c2)CC(C)(C)O1. The molecule has 3 nitrogen and oxygen atoms in total. The summed E-state index contributed by atoms with van der Waals surface area (Å²) in [7, 11) is 0. The van der Waals surface area contributed by atoms with Crippen LogP contribution < -0.4 is 0 Å². The molecule has 0 aliphatic carbocycles. The second-order valence-corrected chi connectivity index (χ2v) is 5.78. The van der Waals surface area contributed by atoms with Gasteiger partial charge < -0.3 is 4.74 Å². The van der Waals surface area contributed by atoms with Crippen LogP contribution >= 0.6 is 0 Å². The number of hydrogen-bond acceptors (Lipinski definition) is 3. The number of halogens is 1. The van der Waals surface area contributed by atoms with Crippen LogP contribution in [0.3, 0.4) is 0 Å². The lowest BCUT2D eigenvalue weighted by molar-refractivity contribution is -0.130. The first-order valence-electron chi connectivity index (χ1n) is 6.48. The molecule has 102 valence electrons. The van der Waals surface area contributed by atoms with Crippen molar-refractivity contribution < 1.29 is 9.13 Å². The van der Waals surface area contributed by atoms with E-state index in [1.165, 1.54) is 6.07 Å². The van der Waals surface area contributed by atoms with Crippen molar-refractivity contribution in [1.29, 1.82) is 5.26 Å². The van der Waals surface area contributed by atoms with Gasteiger partial charge in [0.25, 0.3) is 0 Å². The molecule has 0 aromatic heterocycles. The van der Waals surface area contributed by atoms with E-state index in [0.29, 0.717) is 6.54 Å². The number of nitriles is 1. The maximum atomic E-state index is 13.3. The molecule has 0 spiro atoms. The van der Waals surface area contributed by atoms with Crippen molar-refractivity contribution in [3.63, 3.8) is 0 Å². The molecule has 1 aliphatic heterocycles. The van der Waals surface area contributed by atoms with Gasteiger partial charge in [-0.2, -0.15) is 5.26 Å². The molecule has 1 aromatic carbocycles. The van der Waals surface area contributed by atoms with Gasteiger partial charge in [0.15, 0.2) is 0 Å². The molecule has 1 heterocycles. The van der Waals surface area contributed by atoms with Crippen LogP contribution in [-0.4, -0.2) is 29.7 Å². The first-order chi connectivity index (χ1) is 8.89. The molecule has 2 rings (SSSR count). The Labute approximate surface area is 113 Å². The number of ether oxygens (including phenoxy) is 1. The molecule has 1 atom stereocenters. The Morgan fingerprint density at radius 1 is 1.53 bits per heavy atom. The molecule has 0 saturated carbocycles. The average Bonchev–Trinajstić information content (AvgIpc) is 2.29. The minimum absolute atomic E-state index is 0.109. The van der Waals surface area contributed by atoms with Crippen LogP contribution in [-0.2, 0) is 11.3 Å². The fourth-order valence-corrected chi connectivity index (χ4v) is 2.72. The topological polar surface area (TPSA) is 36.3 Å². The largest absolute Gasteiger partial charge is 0.370 e. The van der Waals surface area contributed by atoms with E-state index < -0.39 is 5.82 Å². The second-order valence-electron chi connectivity index (χ2n) is 5.78. The Bertz CT molecular complexity index is 507. The summed E-state index contributed by atoms with van der Waals surface area (Å²) in [4.78, 5) is 2.28. The third kappa shape index (κ3) is 3.52. The minimum Gasteiger partial charge on any atom is -0.370 e. The van der Waals surface area contributed by atoms with Crippen LogP contribution in [0.4, 0.5) is 4.39 Å². The fraction of sp³-hybridized carbons (Fsp3) is 0.533. The van der Waals surface area contributed by atoms with Gasteiger partial charge >= 0.3 is 0 Å². The molecule has 0 N–H and O–H groups in total. The maximum Gasteiger partial charge on any atom is 0.140 e. The van der Waals surface area contributed by atoms with Gasteiger partial charge in [0, 0.05) is 19.6 Å². The van der Waals surface area contributed by atoms with Gasteiger partial charge in [-0.15, -0.1) is 0 Å². The highest BCUT2D eigenvalue weighted by molar-refractivity contribution is 5.34. The Morgan fingerprint density at radius 3 is 2.89 bits per heavy atom. The molecular formula is C15H19FN2O. The predicted octanol–water partition coefficient (Wildman–Crippen LogP) is 2.70. The lowest BCUT2D eigenvalue weighted by Crippen LogP contribution is -2.51. The van der Waals surface area contributed by atoms with Crippen LogP contribution in [0, 0.1) is 17.1 Å². The second kappa shape index (κ2) is 5.28. The lowest BCUT2D eigenvalue weighted by atomic mass is 10.0. The Kier molecular flexibility index (Phi) is 3.88. The third-order valence-corrected chi connectivity index (χ3v) is 3.20. The number of morpholine rings is 1. The summed E-state index contributed by atoms with van der Waals surface area (Å²) in [6.07, 6.45) is 0.180. The van der Waals surface area contributed by atoms with Gasteiger partial charge in [-0.05, 0) is 38.5 Å². The van der Waals surface area contributed by atoms with Gasteiger partial charge in [0.1, 0.15) is 11.9 Å². The van der Waals surface area contributed by atoms with Crippen molar-refractivity contribution in [1.82, 2.24) is 4.90 Å². The van der Waals surface area contributed by atoms with Gasteiger partial charge in [-0.1, -0.05) is 6.07 Å². The highest BCUT2D eigenvalue weighted by Gasteiger charge is 2.31. The van der Waals surface area contributed by atoms with Crippen molar-refractivity contribution in [2.45, 2.75) is 39.0 Å². The van der Waals surface area contributed by atoms with Crippen molar-refractivity contribution in [2.24, 2.45) is 0 Å². The summed E-state index contributed by atoms with van der Waals surface area (Å²) in [5.41, 5.74) is 0.899. The van der Waals surface area contributed by atoms with Gasteiger partial charge in [0.2, 0.25) is 0 Å². The van der Waals surface area contributed by atoms with E-state index in [2.05, 4.69) is 25.7 Å². The van der Waals surface area contributed by atoms with Crippen LogP contribution in [0.15, 0.2) is 18.2 Å². The van der Waals surface area contributed by atoms with Crippen molar-refractivity contribution in [3.05, 3.63) is 35.1 Å². The quantitative estimate of drug-likeness (QED) is 0.822. The van der Waals surface area contributed by atoms with E-state index >= 15 is 0 Å². The standard InChI is InChI=1S/C15H19FN2O/c1-11-8-18(10-15(2,3)19-11)9-12-4-5-14(16)13(6-12)7-17/h4-6,11H,8-10H2,1-3H3. The van der Waals surface area contributed by atoms with Crippen LogP contribution in [0.2, 0.25) is 0 Å². The minimum atomic E-state index is -0.457. The van der Waals surface area contributed by atoms with Crippen molar-refractivity contribution >= 4 is 0 Å². The summed E-state index contributed by atoms with van der Waals surface area (Å²) >= 11 is 0. The van der Waals surface area contributed by atoms with E-state index in [1.807, 2.05) is 6.07 Å². The molecule has 0 bridgehead atoms. The number of benzene rings is 1. The van der Waals surface area contributed by atoms with E-state index in [9.17, 15) is 4.39 Å². The first kappa shape index (κ1) is 14.0. The first-order valence-corrected chi connectivity index (χ1v) is 6.48. The molecule has 4 heteroatoms. The van der Waals surface area contributed by atoms with Crippen molar-refractivity contribution in [2.75, 3.05) is 13.1 Å². The monoisotopic (exact) mass is 262 g/mol. The molecule has 1 aliphatic rings. The average molecular weight is 262 g/mol. The zero-order valence-corrected chi connectivity index (χ0v) is 11.6. The molecular weight excluding hydrogens is 243 g/mol. The highest BCUT2D eigenvalue weighted by Crippen LogP contribution is 2.22. The molecule has 0 amide bonds. The summed E-state index contributed by atoms with van der Waals surface area (Å²) < 4.78 is 19.1. The molecule has 1 unspecified atom stereocenters. The normalized spacial score (nSPS) is 23.0. The molecule has 1 aromatic rings. The summed E-state index contributed by atoms with van der Waals surface area (Å²) in [5, 5.41) is 8.85. The Balaban J connectivity index is 2.11. The Morgan fingerprint density at radius 2 is 2.26 bits per heavy atom. The molecule has 1 fully saturated rings. The predicted molar refractivity (Wildman–Crippen MR) is 71.0 cm³/mol. The molecule has 1 saturated heterocycles. The van der Waals surface area contributed by atoms with Gasteiger partial charge in [-0.3, -0.25) is 4.90 Å². The van der Waals surface area contributed by atoms with E-state index in [0.717, 1.165) is 18.7 Å². The Hall–Kier alpha value is -1.44. The highest BCUT2D eigenvalue weighted by atomic mass is 19.1. The van der Waals surface area contributed by atoms with Crippen LogP contribution in [0.25, 0.3) is 0 Å².